The summed E-state index contributed by atoms with van der Waals surface area (Å²) < 4.78 is 4.92. The molecule has 1 unspecified atom stereocenters. The van der Waals surface area contributed by atoms with E-state index in [0.717, 1.165) is 43.4 Å². The molecule has 0 bridgehead atoms. The molecule has 0 radical (unpaired) electrons. The lowest BCUT2D eigenvalue weighted by molar-refractivity contribution is 0.298. The maximum atomic E-state index is 5.97. The monoisotopic (exact) mass is 328 g/mol. The molecule has 2 aromatic heterocycles. The number of aryl methyl sites for hydroxylation is 1. The van der Waals surface area contributed by atoms with Gasteiger partial charge in [0.15, 0.2) is 5.69 Å². The molecule has 3 rings (SSSR count). The van der Waals surface area contributed by atoms with Crippen LogP contribution in [0.25, 0.3) is 5.70 Å². The smallest absolute Gasteiger partial charge is 0.155 e. The van der Waals surface area contributed by atoms with E-state index in [1.807, 2.05) is 32.2 Å². The Morgan fingerprint density at radius 2 is 2.04 bits per heavy atom. The van der Waals surface area contributed by atoms with Crippen LogP contribution in [0, 0.1) is 6.92 Å². The third-order valence-corrected chi connectivity index (χ3v) is 4.36. The molecular weight excluding hydrogens is 304 g/mol. The van der Waals surface area contributed by atoms with Crippen LogP contribution in [0.1, 0.15) is 36.8 Å². The lowest BCUT2D eigenvalue weighted by Gasteiger charge is -2.38. The van der Waals surface area contributed by atoms with E-state index >= 15 is 0 Å². The van der Waals surface area contributed by atoms with Crippen molar-refractivity contribution in [3.05, 3.63) is 41.4 Å². The van der Waals surface area contributed by atoms with Crippen molar-refractivity contribution in [3.63, 3.8) is 0 Å². The van der Waals surface area contributed by atoms with Gasteiger partial charge in [0.25, 0.3) is 0 Å². The zero-order chi connectivity index (χ0) is 17.1. The van der Waals surface area contributed by atoms with Crippen LogP contribution in [0.5, 0.6) is 0 Å². The molecule has 0 aliphatic carbocycles. The second kappa shape index (κ2) is 7.00. The van der Waals surface area contributed by atoms with E-state index in [9.17, 15) is 0 Å². The summed E-state index contributed by atoms with van der Waals surface area (Å²) in [6.07, 6.45) is 3.90. The van der Waals surface area contributed by atoms with Crippen molar-refractivity contribution in [2.24, 2.45) is 5.73 Å². The quantitative estimate of drug-likeness (QED) is 0.918. The first-order valence-corrected chi connectivity index (χ1v) is 8.28. The summed E-state index contributed by atoms with van der Waals surface area (Å²) in [5.74, 6) is 1.07. The van der Waals surface area contributed by atoms with Crippen LogP contribution < -0.4 is 10.6 Å². The number of allylic oxidation sites excluding steroid dienone is 1. The number of hydrogen-bond donors (Lipinski definition) is 1. The first-order valence-electron chi connectivity index (χ1n) is 8.28. The van der Waals surface area contributed by atoms with Crippen LogP contribution in [0.2, 0.25) is 0 Å². The molecular formula is C17H24N6O. The van der Waals surface area contributed by atoms with Gasteiger partial charge in [-0.3, -0.25) is 0 Å². The molecule has 7 heteroatoms. The zero-order valence-corrected chi connectivity index (χ0v) is 14.4. The largest absolute Gasteiger partial charge is 0.366 e. The van der Waals surface area contributed by atoms with Crippen molar-refractivity contribution in [2.45, 2.75) is 26.8 Å². The fraction of sp³-hybridized carbons (Fsp3) is 0.471. The van der Waals surface area contributed by atoms with Gasteiger partial charge >= 0.3 is 0 Å². The molecule has 24 heavy (non-hydrogen) atoms. The Balaban J connectivity index is 1.74. The van der Waals surface area contributed by atoms with Crippen LogP contribution >= 0.6 is 0 Å². The standard InChI is InChI=1S/C17H24N6O/c1-4-14(16-15(13(3)18)20-24-21-16)22-8-10-23(11-9-22)17-12(2)6-5-7-19-17/h4-7,13H,8-11,18H2,1-3H3/b14-4+. The van der Waals surface area contributed by atoms with Gasteiger partial charge in [-0.05, 0) is 37.6 Å². The molecule has 1 saturated heterocycles. The van der Waals surface area contributed by atoms with Gasteiger partial charge in [-0.1, -0.05) is 17.3 Å². The second-order valence-electron chi connectivity index (χ2n) is 6.08. The highest BCUT2D eigenvalue weighted by Gasteiger charge is 2.25. The zero-order valence-electron chi connectivity index (χ0n) is 14.4. The predicted octanol–water partition coefficient (Wildman–Crippen LogP) is 1.98. The SMILES string of the molecule is C/C=C(\c1nonc1C(C)N)N1CCN(c2ncccc2C)CC1. The number of aromatic nitrogens is 3. The fourth-order valence-corrected chi connectivity index (χ4v) is 3.11. The molecule has 3 heterocycles. The maximum Gasteiger partial charge on any atom is 0.155 e. The summed E-state index contributed by atoms with van der Waals surface area (Å²) in [6, 6.07) is 3.86. The molecule has 0 aromatic carbocycles. The van der Waals surface area contributed by atoms with Crippen molar-refractivity contribution >= 4 is 11.5 Å². The summed E-state index contributed by atoms with van der Waals surface area (Å²) in [5.41, 5.74) is 9.65. The highest BCUT2D eigenvalue weighted by molar-refractivity contribution is 5.63. The number of hydrogen-bond acceptors (Lipinski definition) is 7. The van der Waals surface area contributed by atoms with Crippen molar-refractivity contribution in [3.8, 4) is 0 Å². The Morgan fingerprint density at radius 1 is 1.29 bits per heavy atom. The minimum absolute atomic E-state index is 0.210. The third kappa shape index (κ3) is 3.12. The average molecular weight is 328 g/mol. The lowest BCUT2D eigenvalue weighted by Crippen LogP contribution is -2.46. The van der Waals surface area contributed by atoms with E-state index in [1.165, 1.54) is 5.56 Å². The summed E-state index contributed by atoms with van der Waals surface area (Å²) >= 11 is 0. The number of nitrogens with zero attached hydrogens (tertiary/aromatic N) is 5. The number of rotatable bonds is 4. The minimum Gasteiger partial charge on any atom is -0.366 e. The second-order valence-corrected chi connectivity index (χ2v) is 6.08. The molecule has 2 aromatic rings. The molecule has 0 amide bonds. The number of piperazine rings is 1. The summed E-state index contributed by atoms with van der Waals surface area (Å²) in [5, 5.41) is 8.03. The molecule has 128 valence electrons. The fourth-order valence-electron chi connectivity index (χ4n) is 3.11. The molecule has 1 aliphatic heterocycles. The van der Waals surface area contributed by atoms with E-state index < -0.39 is 0 Å². The number of nitrogens with two attached hydrogens (primary N) is 1. The highest BCUT2D eigenvalue weighted by atomic mass is 16.6. The first kappa shape index (κ1) is 16.4. The van der Waals surface area contributed by atoms with Crippen molar-refractivity contribution in [1.29, 1.82) is 0 Å². The van der Waals surface area contributed by atoms with Crippen LogP contribution in [0.4, 0.5) is 5.82 Å². The van der Waals surface area contributed by atoms with Gasteiger partial charge in [-0.15, -0.1) is 0 Å². The Labute approximate surface area is 142 Å². The average Bonchev–Trinajstić information content (AvgIpc) is 3.06. The predicted molar refractivity (Wildman–Crippen MR) is 93.3 cm³/mol. The van der Waals surface area contributed by atoms with Gasteiger partial charge in [0.2, 0.25) is 0 Å². The normalized spacial score (nSPS) is 17.2. The molecule has 7 nitrogen and oxygen atoms in total. The van der Waals surface area contributed by atoms with Crippen LogP contribution in [0.15, 0.2) is 29.0 Å². The van der Waals surface area contributed by atoms with Gasteiger partial charge < -0.3 is 15.5 Å². The molecule has 1 aliphatic rings. The van der Waals surface area contributed by atoms with Crippen LogP contribution in [0.3, 0.4) is 0 Å². The molecule has 2 N–H and O–H groups in total. The van der Waals surface area contributed by atoms with Gasteiger partial charge in [-0.25, -0.2) is 9.61 Å². The minimum atomic E-state index is -0.210. The van der Waals surface area contributed by atoms with E-state index in [1.54, 1.807) is 0 Å². The molecule has 0 saturated carbocycles. The Morgan fingerprint density at radius 3 is 2.67 bits per heavy atom. The van der Waals surface area contributed by atoms with E-state index in [0.29, 0.717) is 5.69 Å². The molecule has 0 spiro atoms. The number of pyridine rings is 1. The molecule has 1 fully saturated rings. The topological polar surface area (TPSA) is 84.3 Å². The lowest BCUT2D eigenvalue weighted by atomic mass is 10.1. The van der Waals surface area contributed by atoms with Gasteiger partial charge in [0, 0.05) is 32.4 Å². The third-order valence-electron chi connectivity index (χ3n) is 4.36. The Hall–Kier alpha value is -2.41. The Kier molecular flexibility index (Phi) is 4.80. The van der Waals surface area contributed by atoms with Gasteiger partial charge in [0.05, 0.1) is 11.7 Å². The maximum absolute atomic E-state index is 5.97. The highest BCUT2D eigenvalue weighted by Crippen LogP contribution is 2.26. The van der Waals surface area contributed by atoms with Crippen molar-refractivity contribution < 1.29 is 4.63 Å². The van der Waals surface area contributed by atoms with E-state index in [2.05, 4.69) is 38.1 Å². The summed E-state index contributed by atoms with van der Waals surface area (Å²) in [7, 11) is 0. The van der Waals surface area contributed by atoms with Crippen molar-refractivity contribution in [1.82, 2.24) is 20.2 Å². The molecule has 1 atom stereocenters. The van der Waals surface area contributed by atoms with Crippen LogP contribution in [-0.4, -0.2) is 46.4 Å². The van der Waals surface area contributed by atoms with E-state index in [-0.39, 0.29) is 6.04 Å². The number of anilines is 1. The van der Waals surface area contributed by atoms with Gasteiger partial charge in [-0.2, -0.15) is 0 Å². The van der Waals surface area contributed by atoms with Crippen molar-refractivity contribution in [2.75, 3.05) is 31.1 Å². The summed E-state index contributed by atoms with van der Waals surface area (Å²) in [6.45, 7) is 9.59. The first-order chi connectivity index (χ1) is 11.6. The Bertz CT molecular complexity index is 715. The van der Waals surface area contributed by atoms with E-state index in [4.69, 9.17) is 10.4 Å². The summed E-state index contributed by atoms with van der Waals surface area (Å²) in [4.78, 5) is 9.15. The van der Waals surface area contributed by atoms with Gasteiger partial charge in [0.1, 0.15) is 11.5 Å². The van der Waals surface area contributed by atoms with Crippen LogP contribution in [-0.2, 0) is 0 Å².